The van der Waals surface area contributed by atoms with Crippen LogP contribution in [0.5, 0.6) is 0 Å². The molecule has 9 rings (SSSR count). The van der Waals surface area contributed by atoms with Crippen LogP contribution in [-0.4, -0.2) is 15.0 Å². The fourth-order valence-corrected chi connectivity index (χ4v) is 7.18. The van der Waals surface area contributed by atoms with E-state index in [-0.39, 0.29) is 0 Å². The summed E-state index contributed by atoms with van der Waals surface area (Å²) >= 11 is 1.83. The molecule has 0 aliphatic heterocycles. The number of hydrogen-bond acceptors (Lipinski definition) is 5. The lowest BCUT2D eigenvalue weighted by Gasteiger charge is -2.09. The van der Waals surface area contributed by atoms with E-state index >= 15 is 0 Å². The van der Waals surface area contributed by atoms with E-state index in [4.69, 9.17) is 19.4 Å². The van der Waals surface area contributed by atoms with E-state index in [0.29, 0.717) is 17.5 Å². The van der Waals surface area contributed by atoms with Gasteiger partial charge in [0.1, 0.15) is 11.2 Å². The standard InChI is InChI=1S/C39H23N3OS/c1-3-10-24(11-4-1)37-40-38(25-12-5-2-6-13-25)42-39(41-37)27-19-21-32-31(22-27)36-28(15-9-16-33(36)43-32)26-18-20-30-29-14-7-8-17-34(29)44-35(30)23-26/h1-23H. The molecule has 9 aromatic rings. The van der Waals surface area contributed by atoms with Gasteiger partial charge in [-0.25, -0.2) is 15.0 Å². The lowest BCUT2D eigenvalue weighted by Crippen LogP contribution is -2.00. The summed E-state index contributed by atoms with van der Waals surface area (Å²) in [7, 11) is 0. The van der Waals surface area contributed by atoms with Gasteiger partial charge in [-0.05, 0) is 47.5 Å². The molecule has 44 heavy (non-hydrogen) atoms. The van der Waals surface area contributed by atoms with Crippen LogP contribution in [0.4, 0.5) is 0 Å². The Labute approximate surface area is 256 Å². The molecular formula is C39H23N3OS. The first-order valence-corrected chi connectivity index (χ1v) is 15.3. The molecule has 4 nitrogen and oxygen atoms in total. The second-order valence-corrected chi connectivity index (χ2v) is 11.9. The molecule has 0 aliphatic rings. The van der Waals surface area contributed by atoms with Crippen LogP contribution >= 0.6 is 11.3 Å². The zero-order chi connectivity index (χ0) is 29.0. The summed E-state index contributed by atoms with van der Waals surface area (Å²) in [6, 6.07) is 48.0. The molecule has 0 aliphatic carbocycles. The summed E-state index contributed by atoms with van der Waals surface area (Å²) in [6.45, 7) is 0. The lowest BCUT2D eigenvalue weighted by atomic mass is 9.98. The molecule has 0 atom stereocenters. The number of fused-ring (bicyclic) bond motifs is 6. The van der Waals surface area contributed by atoms with Gasteiger partial charge in [0.2, 0.25) is 0 Å². The van der Waals surface area contributed by atoms with Crippen molar-refractivity contribution in [3.63, 3.8) is 0 Å². The molecule has 0 radical (unpaired) electrons. The van der Waals surface area contributed by atoms with Crippen molar-refractivity contribution in [1.82, 2.24) is 15.0 Å². The van der Waals surface area contributed by atoms with Crippen LogP contribution in [-0.2, 0) is 0 Å². The summed E-state index contributed by atoms with van der Waals surface area (Å²) in [5.74, 6) is 1.91. The number of hydrogen-bond donors (Lipinski definition) is 0. The summed E-state index contributed by atoms with van der Waals surface area (Å²) in [5.41, 5.74) is 6.80. The van der Waals surface area contributed by atoms with E-state index in [9.17, 15) is 0 Å². The summed E-state index contributed by atoms with van der Waals surface area (Å²) in [6.07, 6.45) is 0. The molecule has 0 unspecified atom stereocenters. The number of aromatic nitrogens is 3. The molecule has 0 bridgehead atoms. The van der Waals surface area contributed by atoms with E-state index in [1.54, 1.807) is 0 Å². The fraction of sp³-hybridized carbons (Fsp3) is 0. The summed E-state index contributed by atoms with van der Waals surface area (Å²) in [5, 5.41) is 4.72. The monoisotopic (exact) mass is 581 g/mol. The van der Waals surface area contributed by atoms with E-state index in [1.807, 2.05) is 90.2 Å². The van der Waals surface area contributed by atoms with Crippen molar-refractivity contribution >= 4 is 53.4 Å². The van der Waals surface area contributed by atoms with Crippen LogP contribution in [0.1, 0.15) is 0 Å². The maximum absolute atomic E-state index is 6.38. The van der Waals surface area contributed by atoms with Crippen LogP contribution in [0.3, 0.4) is 0 Å². The Morgan fingerprint density at radius 3 is 1.80 bits per heavy atom. The third-order valence-corrected chi connectivity index (χ3v) is 9.28. The van der Waals surface area contributed by atoms with Crippen molar-refractivity contribution in [3.05, 3.63) is 140 Å². The van der Waals surface area contributed by atoms with Gasteiger partial charge in [0.25, 0.3) is 0 Å². The molecule has 206 valence electrons. The van der Waals surface area contributed by atoms with Crippen molar-refractivity contribution in [2.24, 2.45) is 0 Å². The average Bonchev–Trinajstić information content (AvgIpc) is 3.66. The van der Waals surface area contributed by atoms with Crippen LogP contribution < -0.4 is 0 Å². The third-order valence-electron chi connectivity index (χ3n) is 8.14. The zero-order valence-corrected chi connectivity index (χ0v) is 24.3. The number of thiophene rings is 1. The second kappa shape index (κ2) is 9.97. The molecule has 0 saturated carbocycles. The second-order valence-electron chi connectivity index (χ2n) is 10.8. The number of nitrogens with zero attached hydrogens (tertiary/aromatic N) is 3. The third kappa shape index (κ3) is 4.09. The highest BCUT2D eigenvalue weighted by Gasteiger charge is 2.17. The first kappa shape index (κ1) is 24.9. The van der Waals surface area contributed by atoms with Gasteiger partial charge in [-0.1, -0.05) is 103 Å². The van der Waals surface area contributed by atoms with Crippen LogP contribution in [0, 0.1) is 0 Å². The van der Waals surface area contributed by atoms with E-state index in [2.05, 4.69) is 60.7 Å². The maximum atomic E-state index is 6.38. The Morgan fingerprint density at radius 2 is 1.05 bits per heavy atom. The largest absolute Gasteiger partial charge is 0.456 e. The first-order valence-electron chi connectivity index (χ1n) is 14.5. The molecule has 0 fully saturated rings. The minimum atomic E-state index is 0.623. The van der Waals surface area contributed by atoms with Gasteiger partial charge in [0.15, 0.2) is 17.5 Å². The molecule has 5 heteroatoms. The Bertz CT molecular complexity index is 2440. The molecule has 6 aromatic carbocycles. The smallest absolute Gasteiger partial charge is 0.164 e. The summed E-state index contributed by atoms with van der Waals surface area (Å²) < 4.78 is 8.96. The van der Waals surface area contributed by atoms with E-state index in [1.165, 1.54) is 25.7 Å². The Kier molecular flexibility index (Phi) is 5.64. The predicted molar refractivity (Wildman–Crippen MR) is 182 cm³/mol. The maximum Gasteiger partial charge on any atom is 0.164 e. The van der Waals surface area contributed by atoms with Gasteiger partial charge in [-0.3, -0.25) is 0 Å². The van der Waals surface area contributed by atoms with Gasteiger partial charge in [0.05, 0.1) is 0 Å². The van der Waals surface area contributed by atoms with Gasteiger partial charge >= 0.3 is 0 Å². The molecular weight excluding hydrogens is 559 g/mol. The number of furan rings is 1. The van der Waals surface area contributed by atoms with Crippen LogP contribution in [0.15, 0.2) is 144 Å². The Morgan fingerprint density at radius 1 is 0.409 bits per heavy atom. The van der Waals surface area contributed by atoms with Crippen LogP contribution in [0.2, 0.25) is 0 Å². The normalized spacial score (nSPS) is 11.6. The molecule has 3 aromatic heterocycles. The lowest BCUT2D eigenvalue weighted by molar-refractivity contribution is 0.669. The highest BCUT2D eigenvalue weighted by atomic mass is 32.1. The van der Waals surface area contributed by atoms with Gasteiger partial charge in [-0.2, -0.15) is 0 Å². The van der Waals surface area contributed by atoms with Gasteiger partial charge in [-0.15, -0.1) is 11.3 Å². The summed E-state index contributed by atoms with van der Waals surface area (Å²) in [4.78, 5) is 14.8. The highest BCUT2D eigenvalue weighted by Crippen LogP contribution is 2.41. The van der Waals surface area contributed by atoms with Crippen molar-refractivity contribution in [2.45, 2.75) is 0 Å². The topological polar surface area (TPSA) is 51.8 Å². The van der Waals surface area contributed by atoms with Crippen molar-refractivity contribution < 1.29 is 4.42 Å². The molecule has 0 amide bonds. The molecule has 3 heterocycles. The van der Waals surface area contributed by atoms with Gasteiger partial charge in [0, 0.05) is 47.6 Å². The van der Waals surface area contributed by atoms with E-state index in [0.717, 1.165) is 44.2 Å². The first-order chi connectivity index (χ1) is 21.8. The fourth-order valence-electron chi connectivity index (χ4n) is 6.04. The predicted octanol–water partition coefficient (Wildman–Crippen LogP) is 10.8. The van der Waals surface area contributed by atoms with Crippen molar-refractivity contribution in [2.75, 3.05) is 0 Å². The minimum Gasteiger partial charge on any atom is -0.456 e. The highest BCUT2D eigenvalue weighted by molar-refractivity contribution is 7.25. The molecule has 0 saturated heterocycles. The van der Waals surface area contributed by atoms with Crippen LogP contribution in [0.25, 0.3) is 87.4 Å². The molecule has 0 spiro atoms. The number of rotatable bonds is 4. The zero-order valence-electron chi connectivity index (χ0n) is 23.4. The Balaban J connectivity index is 1.24. The van der Waals surface area contributed by atoms with Gasteiger partial charge < -0.3 is 4.42 Å². The number of benzene rings is 6. The Hall–Kier alpha value is -5.65. The SMILES string of the molecule is c1ccc(-c2nc(-c3ccccc3)nc(-c3ccc4oc5cccc(-c6ccc7c(c6)sc6ccccc67)c5c4c3)n2)cc1. The van der Waals surface area contributed by atoms with Crippen molar-refractivity contribution in [3.8, 4) is 45.3 Å². The average molecular weight is 582 g/mol. The minimum absolute atomic E-state index is 0.623. The molecule has 0 N–H and O–H groups in total. The van der Waals surface area contributed by atoms with Crippen molar-refractivity contribution in [1.29, 1.82) is 0 Å². The quantitative estimate of drug-likeness (QED) is 0.207. The van der Waals surface area contributed by atoms with E-state index < -0.39 is 0 Å².